The average molecular weight is 323 g/mol. The minimum atomic E-state index is -0.168. The molecule has 0 amide bonds. The highest BCUT2D eigenvalue weighted by atomic mass is 16.5. The number of hydrogen-bond donors (Lipinski definition) is 0. The number of unbranched alkanes of at least 4 members (excludes halogenated alkanes) is 10. The van der Waals surface area contributed by atoms with Gasteiger partial charge in [-0.15, -0.1) is 0 Å². The topological polar surface area (TPSA) is 26.3 Å². The number of allylic oxidation sites excluding steroid dienone is 4. The van der Waals surface area contributed by atoms with Crippen LogP contribution < -0.4 is 0 Å². The van der Waals surface area contributed by atoms with E-state index in [9.17, 15) is 4.79 Å². The van der Waals surface area contributed by atoms with E-state index in [-0.39, 0.29) is 5.97 Å². The predicted octanol–water partition coefficient (Wildman–Crippen LogP) is 6.75. The van der Waals surface area contributed by atoms with E-state index in [2.05, 4.69) is 31.2 Å². The van der Waals surface area contributed by atoms with E-state index in [0.717, 1.165) is 12.8 Å². The van der Waals surface area contributed by atoms with Crippen LogP contribution in [0, 0.1) is 0 Å². The number of carbonyl (C=O) groups is 1. The zero-order chi connectivity index (χ0) is 17.0. The maximum absolute atomic E-state index is 10.6. The van der Waals surface area contributed by atoms with E-state index >= 15 is 0 Å². The highest BCUT2D eigenvalue weighted by Crippen LogP contribution is 2.07. The van der Waals surface area contributed by atoms with Crippen LogP contribution in [0.3, 0.4) is 0 Å². The van der Waals surface area contributed by atoms with Crippen molar-refractivity contribution in [1.29, 1.82) is 0 Å². The van der Waals surface area contributed by atoms with Crippen molar-refractivity contribution in [3.8, 4) is 0 Å². The molecule has 0 unspecified atom stereocenters. The molecule has 0 aliphatic rings. The molecule has 0 aliphatic carbocycles. The van der Waals surface area contributed by atoms with Crippen molar-refractivity contribution in [3.05, 3.63) is 24.3 Å². The van der Waals surface area contributed by atoms with Gasteiger partial charge in [0.2, 0.25) is 0 Å². The van der Waals surface area contributed by atoms with Crippen molar-refractivity contribution >= 4 is 5.97 Å². The van der Waals surface area contributed by atoms with Crippen LogP contribution >= 0.6 is 0 Å². The zero-order valence-corrected chi connectivity index (χ0v) is 15.5. The zero-order valence-electron chi connectivity index (χ0n) is 15.5. The molecule has 0 saturated carbocycles. The smallest absolute Gasteiger partial charge is 0.302 e. The summed E-state index contributed by atoms with van der Waals surface area (Å²) in [6.07, 6.45) is 25.5. The Hall–Kier alpha value is -1.05. The SMILES string of the molecule is CCCCCCC/C=C/CC/C=C/CCCCCCOC(C)=O. The third-order valence-electron chi connectivity index (χ3n) is 3.88. The van der Waals surface area contributed by atoms with E-state index in [1.807, 2.05) is 0 Å². The largest absolute Gasteiger partial charge is 0.466 e. The first-order valence-corrected chi connectivity index (χ1v) is 9.70. The van der Waals surface area contributed by atoms with Gasteiger partial charge in [0, 0.05) is 6.92 Å². The molecule has 0 aromatic heterocycles. The molecule has 0 aliphatic heterocycles. The second kappa shape index (κ2) is 19.0. The van der Waals surface area contributed by atoms with Crippen molar-refractivity contribution in [2.45, 2.75) is 97.3 Å². The van der Waals surface area contributed by atoms with Crippen molar-refractivity contribution in [2.75, 3.05) is 6.61 Å². The molecule has 2 nitrogen and oxygen atoms in total. The Bertz CT molecular complexity index is 305. The Morgan fingerprint density at radius 2 is 1.17 bits per heavy atom. The molecule has 0 bridgehead atoms. The highest BCUT2D eigenvalue weighted by molar-refractivity contribution is 5.65. The van der Waals surface area contributed by atoms with Crippen molar-refractivity contribution in [1.82, 2.24) is 0 Å². The molecule has 0 heterocycles. The quantitative estimate of drug-likeness (QED) is 0.178. The molecule has 0 N–H and O–H groups in total. The summed E-state index contributed by atoms with van der Waals surface area (Å²) in [6, 6.07) is 0. The maximum atomic E-state index is 10.6. The molecule has 23 heavy (non-hydrogen) atoms. The second-order valence-electron chi connectivity index (χ2n) is 6.27. The van der Waals surface area contributed by atoms with Gasteiger partial charge in [-0.05, 0) is 44.9 Å². The van der Waals surface area contributed by atoms with Gasteiger partial charge in [0.25, 0.3) is 0 Å². The van der Waals surface area contributed by atoms with Crippen LogP contribution in [0.4, 0.5) is 0 Å². The van der Waals surface area contributed by atoms with Gasteiger partial charge in [-0.25, -0.2) is 0 Å². The highest BCUT2D eigenvalue weighted by Gasteiger charge is 1.92. The minimum absolute atomic E-state index is 0.168. The summed E-state index contributed by atoms with van der Waals surface area (Å²) in [6.45, 7) is 4.31. The summed E-state index contributed by atoms with van der Waals surface area (Å²) >= 11 is 0. The normalized spacial score (nSPS) is 11.6. The van der Waals surface area contributed by atoms with Crippen molar-refractivity contribution < 1.29 is 9.53 Å². The first-order chi connectivity index (χ1) is 11.3. The summed E-state index contributed by atoms with van der Waals surface area (Å²) in [5.74, 6) is -0.168. The Kier molecular flexibility index (Phi) is 18.1. The lowest BCUT2D eigenvalue weighted by Gasteiger charge is -2.00. The fourth-order valence-electron chi connectivity index (χ4n) is 2.46. The monoisotopic (exact) mass is 322 g/mol. The average Bonchev–Trinajstić information content (AvgIpc) is 2.53. The van der Waals surface area contributed by atoms with Crippen LogP contribution in [0.1, 0.15) is 97.3 Å². The van der Waals surface area contributed by atoms with Crippen LogP contribution in [0.2, 0.25) is 0 Å². The number of carbonyl (C=O) groups excluding carboxylic acids is 1. The fraction of sp³-hybridized carbons (Fsp3) is 0.762. The number of rotatable bonds is 16. The van der Waals surface area contributed by atoms with E-state index in [4.69, 9.17) is 4.74 Å². The lowest BCUT2D eigenvalue weighted by atomic mass is 10.1. The van der Waals surface area contributed by atoms with Gasteiger partial charge >= 0.3 is 5.97 Å². The molecule has 0 aromatic rings. The first-order valence-electron chi connectivity index (χ1n) is 9.70. The molecule has 0 saturated heterocycles. The third-order valence-corrected chi connectivity index (χ3v) is 3.88. The summed E-state index contributed by atoms with van der Waals surface area (Å²) in [5, 5.41) is 0. The summed E-state index contributed by atoms with van der Waals surface area (Å²) < 4.78 is 4.91. The standard InChI is InChI=1S/C21H38O2/c1-3-4-5-6-7-8-9-10-11-12-13-14-15-16-17-18-19-20-23-21(2)22/h9-10,13-14H,3-8,11-12,15-20H2,1-2H3/b10-9+,14-13+. The third kappa shape index (κ3) is 21.0. The Labute approximate surface area is 144 Å². The van der Waals surface area contributed by atoms with Gasteiger partial charge in [-0.3, -0.25) is 4.79 Å². The summed E-state index contributed by atoms with van der Waals surface area (Å²) in [5.41, 5.74) is 0. The van der Waals surface area contributed by atoms with E-state index < -0.39 is 0 Å². The predicted molar refractivity (Wildman–Crippen MR) is 101 cm³/mol. The maximum Gasteiger partial charge on any atom is 0.302 e. The van der Waals surface area contributed by atoms with Crippen LogP contribution in [0.5, 0.6) is 0 Å². The van der Waals surface area contributed by atoms with Gasteiger partial charge in [-0.2, -0.15) is 0 Å². The first kappa shape index (κ1) is 21.9. The molecular formula is C21H38O2. The molecule has 0 fully saturated rings. The van der Waals surface area contributed by atoms with Gasteiger partial charge < -0.3 is 4.74 Å². The molecule has 2 heteroatoms. The molecule has 0 atom stereocenters. The van der Waals surface area contributed by atoms with Gasteiger partial charge in [-0.1, -0.05) is 69.8 Å². The fourth-order valence-corrected chi connectivity index (χ4v) is 2.46. The van der Waals surface area contributed by atoms with Gasteiger partial charge in [0.15, 0.2) is 0 Å². The molecule has 0 radical (unpaired) electrons. The van der Waals surface area contributed by atoms with Crippen molar-refractivity contribution in [3.63, 3.8) is 0 Å². The molecule has 134 valence electrons. The second-order valence-corrected chi connectivity index (χ2v) is 6.27. The number of esters is 1. The van der Waals surface area contributed by atoms with E-state index in [1.165, 1.54) is 77.6 Å². The Morgan fingerprint density at radius 3 is 1.70 bits per heavy atom. The van der Waals surface area contributed by atoms with Crippen LogP contribution in [0.25, 0.3) is 0 Å². The van der Waals surface area contributed by atoms with Crippen LogP contribution in [-0.4, -0.2) is 12.6 Å². The molecule has 0 spiro atoms. The summed E-state index contributed by atoms with van der Waals surface area (Å²) in [7, 11) is 0. The lowest BCUT2D eigenvalue weighted by Crippen LogP contribution is -1.99. The van der Waals surface area contributed by atoms with Crippen molar-refractivity contribution in [2.24, 2.45) is 0 Å². The summed E-state index contributed by atoms with van der Waals surface area (Å²) in [4.78, 5) is 10.6. The molecular weight excluding hydrogens is 284 g/mol. The van der Waals surface area contributed by atoms with E-state index in [1.54, 1.807) is 0 Å². The van der Waals surface area contributed by atoms with E-state index in [0.29, 0.717) is 6.61 Å². The van der Waals surface area contributed by atoms with Gasteiger partial charge in [0.1, 0.15) is 0 Å². The van der Waals surface area contributed by atoms with Gasteiger partial charge in [0.05, 0.1) is 6.61 Å². The number of ether oxygens (including phenoxy) is 1. The minimum Gasteiger partial charge on any atom is -0.466 e. The van der Waals surface area contributed by atoms with Crippen LogP contribution in [0.15, 0.2) is 24.3 Å². The Morgan fingerprint density at radius 1 is 0.696 bits per heavy atom. The molecule has 0 rings (SSSR count). The lowest BCUT2D eigenvalue weighted by molar-refractivity contribution is -0.141. The van der Waals surface area contributed by atoms with Crippen LogP contribution in [-0.2, 0) is 9.53 Å². The number of hydrogen-bond acceptors (Lipinski definition) is 2. The molecule has 0 aromatic carbocycles. The Balaban J connectivity index is 3.17.